The van der Waals surface area contributed by atoms with E-state index in [2.05, 4.69) is 14.8 Å². The minimum absolute atomic E-state index is 0.161. The molecule has 6 nitrogen and oxygen atoms in total. The molecule has 0 saturated carbocycles. The van der Waals surface area contributed by atoms with Crippen LogP contribution in [0.3, 0.4) is 0 Å². The molecule has 1 N–H and O–H groups in total. The summed E-state index contributed by atoms with van der Waals surface area (Å²) >= 11 is 5.77. The van der Waals surface area contributed by atoms with Crippen LogP contribution in [0.2, 0.25) is 5.02 Å². The van der Waals surface area contributed by atoms with Gasteiger partial charge in [-0.05, 0) is 42.0 Å². The molecule has 0 radical (unpaired) electrons. The fourth-order valence-electron chi connectivity index (χ4n) is 2.01. The van der Waals surface area contributed by atoms with E-state index < -0.39 is 10.0 Å². The summed E-state index contributed by atoms with van der Waals surface area (Å²) < 4.78 is 28.8. The third-order valence-corrected chi connectivity index (χ3v) is 4.79. The lowest BCUT2D eigenvalue weighted by molar-refractivity contribution is 0.601. The van der Waals surface area contributed by atoms with Gasteiger partial charge < -0.3 is 0 Å². The van der Waals surface area contributed by atoms with Crippen LogP contribution in [0.4, 0.5) is 5.69 Å². The van der Waals surface area contributed by atoms with Gasteiger partial charge in [0.25, 0.3) is 10.0 Å². The number of nitrogens with one attached hydrogen (secondary N) is 1. The number of rotatable bonds is 5. The molecule has 0 fully saturated rings. The highest BCUT2D eigenvalue weighted by Gasteiger charge is 2.13. The molecule has 1 aromatic heterocycles. The molecule has 0 unspecified atom stereocenters. The standard InChI is InChI=1S/C15H13ClN4O2S/c16-13-3-7-15(8-4-13)23(21,22)19-14-5-1-12(2-6-14)9-20-11-17-10-18-20/h1-8,10-11,19H,9H2. The summed E-state index contributed by atoms with van der Waals surface area (Å²) in [6.07, 6.45) is 3.09. The number of nitrogens with zero attached hydrogens (tertiary/aromatic N) is 3. The van der Waals surface area contributed by atoms with Crippen molar-refractivity contribution in [3.63, 3.8) is 0 Å². The van der Waals surface area contributed by atoms with E-state index in [0.29, 0.717) is 17.3 Å². The topological polar surface area (TPSA) is 76.9 Å². The lowest BCUT2D eigenvalue weighted by Gasteiger charge is -2.09. The summed E-state index contributed by atoms with van der Waals surface area (Å²) in [5.74, 6) is 0. The van der Waals surface area contributed by atoms with Crippen molar-refractivity contribution < 1.29 is 8.42 Å². The molecule has 2 aromatic carbocycles. The zero-order valence-electron chi connectivity index (χ0n) is 11.9. The van der Waals surface area contributed by atoms with E-state index in [1.54, 1.807) is 23.1 Å². The van der Waals surface area contributed by atoms with Gasteiger partial charge in [-0.15, -0.1) is 0 Å². The predicted octanol–water partition coefficient (Wildman–Crippen LogP) is 2.78. The lowest BCUT2D eigenvalue weighted by atomic mass is 10.2. The van der Waals surface area contributed by atoms with Crippen molar-refractivity contribution >= 4 is 27.3 Å². The van der Waals surface area contributed by atoms with E-state index in [0.717, 1.165) is 5.56 Å². The Balaban J connectivity index is 1.73. The molecule has 0 amide bonds. The Labute approximate surface area is 138 Å². The van der Waals surface area contributed by atoms with Gasteiger partial charge in [-0.2, -0.15) is 5.10 Å². The second-order valence-electron chi connectivity index (χ2n) is 4.85. The van der Waals surface area contributed by atoms with E-state index in [1.807, 2.05) is 12.1 Å². The molecule has 0 saturated heterocycles. The number of aromatic nitrogens is 3. The molecule has 0 aliphatic rings. The molecule has 0 bridgehead atoms. The smallest absolute Gasteiger partial charge is 0.261 e. The zero-order chi connectivity index (χ0) is 16.3. The van der Waals surface area contributed by atoms with E-state index in [9.17, 15) is 8.42 Å². The van der Waals surface area contributed by atoms with Gasteiger partial charge in [0, 0.05) is 10.7 Å². The highest BCUT2D eigenvalue weighted by atomic mass is 35.5. The molecule has 0 atom stereocenters. The van der Waals surface area contributed by atoms with Crippen molar-refractivity contribution in [1.82, 2.24) is 14.8 Å². The summed E-state index contributed by atoms with van der Waals surface area (Å²) in [7, 11) is -3.63. The van der Waals surface area contributed by atoms with Crippen LogP contribution >= 0.6 is 11.6 Å². The lowest BCUT2D eigenvalue weighted by Crippen LogP contribution is -2.12. The van der Waals surface area contributed by atoms with Crippen molar-refractivity contribution in [2.24, 2.45) is 0 Å². The Kier molecular flexibility index (Phi) is 4.31. The number of benzene rings is 2. The molecule has 0 aliphatic heterocycles. The van der Waals surface area contributed by atoms with Crippen LogP contribution in [0, 0.1) is 0 Å². The van der Waals surface area contributed by atoms with Crippen molar-refractivity contribution in [3.05, 3.63) is 71.8 Å². The predicted molar refractivity (Wildman–Crippen MR) is 87.8 cm³/mol. The van der Waals surface area contributed by atoms with Crippen LogP contribution in [-0.2, 0) is 16.6 Å². The van der Waals surface area contributed by atoms with Crippen LogP contribution in [0.5, 0.6) is 0 Å². The minimum Gasteiger partial charge on any atom is -0.280 e. The Morgan fingerprint density at radius 2 is 1.74 bits per heavy atom. The van der Waals surface area contributed by atoms with Crippen LogP contribution in [0.1, 0.15) is 5.56 Å². The summed E-state index contributed by atoms with van der Waals surface area (Å²) in [5.41, 5.74) is 1.48. The second-order valence-corrected chi connectivity index (χ2v) is 6.97. The fraction of sp³-hybridized carbons (Fsp3) is 0.0667. The van der Waals surface area contributed by atoms with E-state index in [-0.39, 0.29) is 4.90 Å². The molecule has 1 heterocycles. The highest BCUT2D eigenvalue weighted by molar-refractivity contribution is 7.92. The molecule has 3 aromatic rings. The second kappa shape index (κ2) is 6.39. The van der Waals surface area contributed by atoms with Gasteiger partial charge in [0.2, 0.25) is 0 Å². The molecular formula is C15H13ClN4O2S. The van der Waals surface area contributed by atoms with Crippen molar-refractivity contribution in [1.29, 1.82) is 0 Å². The summed E-state index contributed by atoms with van der Waals surface area (Å²) in [5, 5.41) is 4.51. The molecule has 23 heavy (non-hydrogen) atoms. The maximum absolute atomic E-state index is 12.3. The number of halogens is 1. The first-order valence-electron chi connectivity index (χ1n) is 6.73. The van der Waals surface area contributed by atoms with Crippen LogP contribution in [-0.4, -0.2) is 23.2 Å². The summed E-state index contributed by atoms with van der Waals surface area (Å²) in [6, 6.07) is 13.1. The fourth-order valence-corrected chi connectivity index (χ4v) is 3.19. The van der Waals surface area contributed by atoms with Crippen molar-refractivity contribution in [3.8, 4) is 0 Å². The first-order chi connectivity index (χ1) is 11.0. The van der Waals surface area contributed by atoms with Gasteiger partial charge in [-0.25, -0.2) is 18.1 Å². The molecule has 8 heteroatoms. The van der Waals surface area contributed by atoms with Crippen LogP contribution < -0.4 is 4.72 Å². The number of hydrogen-bond acceptors (Lipinski definition) is 4. The van der Waals surface area contributed by atoms with Gasteiger partial charge in [0.05, 0.1) is 11.4 Å². The maximum Gasteiger partial charge on any atom is 0.261 e. The van der Waals surface area contributed by atoms with Crippen LogP contribution in [0.15, 0.2) is 66.1 Å². The van der Waals surface area contributed by atoms with Gasteiger partial charge in [-0.1, -0.05) is 23.7 Å². The van der Waals surface area contributed by atoms with E-state index in [1.165, 1.54) is 30.6 Å². The Hall–Kier alpha value is -2.38. The van der Waals surface area contributed by atoms with E-state index >= 15 is 0 Å². The number of sulfonamides is 1. The normalized spacial score (nSPS) is 11.3. The molecule has 0 aliphatic carbocycles. The summed E-state index contributed by atoms with van der Waals surface area (Å²) in [4.78, 5) is 4.04. The highest BCUT2D eigenvalue weighted by Crippen LogP contribution is 2.18. The average Bonchev–Trinajstić information content (AvgIpc) is 3.02. The Morgan fingerprint density at radius 3 is 2.35 bits per heavy atom. The monoisotopic (exact) mass is 348 g/mol. The maximum atomic E-state index is 12.3. The Bertz CT molecular complexity index is 876. The van der Waals surface area contributed by atoms with Gasteiger partial charge in [0.1, 0.15) is 12.7 Å². The first-order valence-corrected chi connectivity index (χ1v) is 8.59. The van der Waals surface area contributed by atoms with Gasteiger partial charge in [0.15, 0.2) is 0 Å². The zero-order valence-corrected chi connectivity index (χ0v) is 13.5. The average molecular weight is 349 g/mol. The van der Waals surface area contributed by atoms with Crippen LogP contribution in [0.25, 0.3) is 0 Å². The summed E-state index contributed by atoms with van der Waals surface area (Å²) in [6.45, 7) is 0.574. The van der Waals surface area contributed by atoms with E-state index in [4.69, 9.17) is 11.6 Å². The van der Waals surface area contributed by atoms with Gasteiger partial charge >= 0.3 is 0 Å². The molecule has 3 rings (SSSR count). The first kappa shape index (κ1) is 15.5. The minimum atomic E-state index is -3.63. The third-order valence-electron chi connectivity index (χ3n) is 3.14. The number of anilines is 1. The van der Waals surface area contributed by atoms with Crippen molar-refractivity contribution in [2.45, 2.75) is 11.4 Å². The Morgan fingerprint density at radius 1 is 1.04 bits per heavy atom. The SMILES string of the molecule is O=S(=O)(Nc1ccc(Cn2cncn2)cc1)c1ccc(Cl)cc1. The quantitative estimate of drug-likeness (QED) is 0.769. The third kappa shape index (κ3) is 3.88. The molecule has 0 spiro atoms. The van der Waals surface area contributed by atoms with Crippen molar-refractivity contribution in [2.75, 3.05) is 4.72 Å². The largest absolute Gasteiger partial charge is 0.280 e. The van der Waals surface area contributed by atoms with Gasteiger partial charge in [-0.3, -0.25) is 4.72 Å². The number of hydrogen-bond donors (Lipinski definition) is 1. The molecular weight excluding hydrogens is 336 g/mol. The molecule has 118 valence electrons.